The number of nitrogens with zero attached hydrogens (tertiary/aromatic N) is 1. The topological polar surface area (TPSA) is 20.3 Å². The molecule has 2 aromatic carbocycles. The number of hydrogen-bond acceptors (Lipinski definition) is 2. The van der Waals surface area contributed by atoms with Crippen molar-refractivity contribution in [3.8, 4) is 0 Å². The van der Waals surface area contributed by atoms with Crippen LogP contribution in [-0.4, -0.2) is 17.9 Å². The first-order chi connectivity index (χ1) is 9.91. The molecule has 0 aliphatic rings. The number of amides is 1. The highest BCUT2D eigenvalue weighted by atomic mass is 79.9. The van der Waals surface area contributed by atoms with Gasteiger partial charge in [0.1, 0.15) is 5.82 Å². The summed E-state index contributed by atoms with van der Waals surface area (Å²) in [5, 5.41) is 0. The largest absolute Gasteiger partial charge is 0.335 e. The predicted molar refractivity (Wildman–Crippen MR) is 88.3 cm³/mol. The fourth-order valence-electron chi connectivity index (χ4n) is 2.07. The average molecular weight is 368 g/mol. The van der Waals surface area contributed by atoms with Crippen molar-refractivity contribution in [1.29, 1.82) is 0 Å². The van der Waals surface area contributed by atoms with Gasteiger partial charge in [-0.05, 0) is 31.2 Å². The van der Waals surface area contributed by atoms with E-state index < -0.39 is 0 Å². The highest BCUT2D eigenvalue weighted by Crippen LogP contribution is 2.26. The van der Waals surface area contributed by atoms with Crippen LogP contribution in [0.5, 0.6) is 0 Å². The van der Waals surface area contributed by atoms with Gasteiger partial charge in [-0.25, -0.2) is 4.39 Å². The Morgan fingerprint density at radius 2 is 1.95 bits per heavy atom. The smallest absolute Gasteiger partial charge is 0.255 e. The van der Waals surface area contributed by atoms with E-state index in [0.717, 1.165) is 4.47 Å². The van der Waals surface area contributed by atoms with Gasteiger partial charge in [0.05, 0.1) is 11.6 Å². The molecule has 0 spiro atoms. The van der Waals surface area contributed by atoms with Crippen LogP contribution in [0.15, 0.2) is 51.8 Å². The lowest BCUT2D eigenvalue weighted by atomic mass is 10.1. The van der Waals surface area contributed by atoms with Crippen molar-refractivity contribution in [2.24, 2.45) is 0 Å². The van der Waals surface area contributed by atoms with Gasteiger partial charge in [0.25, 0.3) is 5.91 Å². The summed E-state index contributed by atoms with van der Waals surface area (Å²) < 4.78 is 14.7. The van der Waals surface area contributed by atoms with E-state index >= 15 is 0 Å². The van der Waals surface area contributed by atoms with E-state index in [2.05, 4.69) is 28.6 Å². The minimum Gasteiger partial charge on any atom is -0.335 e. The van der Waals surface area contributed by atoms with Gasteiger partial charge in [-0.15, -0.1) is 12.6 Å². The molecule has 1 atom stereocenters. The Balaban J connectivity index is 2.29. The second-order valence-electron chi connectivity index (χ2n) is 4.78. The molecule has 21 heavy (non-hydrogen) atoms. The summed E-state index contributed by atoms with van der Waals surface area (Å²) in [6.45, 7) is 1.80. The van der Waals surface area contributed by atoms with Crippen LogP contribution >= 0.6 is 28.6 Å². The molecule has 0 radical (unpaired) electrons. The van der Waals surface area contributed by atoms with Crippen LogP contribution in [-0.2, 0) is 0 Å². The Hall–Kier alpha value is -1.33. The zero-order valence-corrected chi connectivity index (χ0v) is 14.2. The molecule has 110 valence electrons. The number of rotatable bonds is 3. The highest BCUT2D eigenvalue weighted by Gasteiger charge is 2.22. The van der Waals surface area contributed by atoms with E-state index in [1.807, 2.05) is 0 Å². The molecule has 0 bridgehead atoms. The molecule has 1 unspecified atom stereocenters. The minimum absolute atomic E-state index is 0.191. The number of carbonyl (C=O) groups is 1. The van der Waals surface area contributed by atoms with Crippen molar-refractivity contribution < 1.29 is 9.18 Å². The van der Waals surface area contributed by atoms with Gasteiger partial charge in [0, 0.05) is 22.0 Å². The molecule has 0 aliphatic carbocycles. The first-order valence-corrected chi connectivity index (χ1v) is 7.66. The number of benzene rings is 2. The SMILES string of the molecule is CC(c1ccccc1F)N(C)C(=O)c1ccc(Br)cc1S. The van der Waals surface area contributed by atoms with Crippen molar-refractivity contribution in [2.45, 2.75) is 17.9 Å². The van der Waals surface area contributed by atoms with Crippen LogP contribution in [0.1, 0.15) is 28.9 Å². The molecule has 0 heterocycles. The third kappa shape index (κ3) is 3.47. The monoisotopic (exact) mass is 367 g/mol. The third-order valence-electron chi connectivity index (χ3n) is 3.45. The van der Waals surface area contributed by atoms with Crippen molar-refractivity contribution in [1.82, 2.24) is 4.90 Å². The summed E-state index contributed by atoms with van der Waals surface area (Å²) in [6, 6.07) is 11.4. The van der Waals surface area contributed by atoms with Gasteiger partial charge < -0.3 is 4.90 Å². The maximum absolute atomic E-state index is 13.8. The third-order valence-corrected chi connectivity index (χ3v) is 4.31. The standard InChI is InChI=1S/C16H15BrFNOS/c1-10(12-5-3-4-6-14(12)18)19(2)16(20)13-8-7-11(17)9-15(13)21/h3-10,21H,1-2H3. The molecular weight excluding hydrogens is 353 g/mol. The molecular formula is C16H15BrFNOS. The van der Waals surface area contributed by atoms with E-state index in [9.17, 15) is 9.18 Å². The molecule has 2 rings (SSSR count). The quantitative estimate of drug-likeness (QED) is 0.778. The van der Waals surface area contributed by atoms with Gasteiger partial charge in [0.15, 0.2) is 0 Å². The van der Waals surface area contributed by atoms with E-state index in [1.54, 1.807) is 50.4 Å². The van der Waals surface area contributed by atoms with E-state index in [0.29, 0.717) is 16.0 Å². The molecule has 0 fully saturated rings. The lowest BCUT2D eigenvalue weighted by Crippen LogP contribution is -2.30. The van der Waals surface area contributed by atoms with Crippen LogP contribution < -0.4 is 0 Å². The molecule has 0 N–H and O–H groups in total. The van der Waals surface area contributed by atoms with Crippen molar-refractivity contribution in [3.63, 3.8) is 0 Å². The van der Waals surface area contributed by atoms with Gasteiger partial charge in [0.2, 0.25) is 0 Å². The average Bonchev–Trinajstić information content (AvgIpc) is 2.45. The van der Waals surface area contributed by atoms with Crippen LogP contribution in [0.4, 0.5) is 4.39 Å². The van der Waals surface area contributed by atoms with Crippen molar-refractivity contribution in [3.05, 3.63) is 63.9 Å². The molecule has 0 saturated heterocycles. The van der Waals surface area contributed by atoms with E-state index in [1.165, 1.54) is 11.0 Å². The highest BCUT2D eigenvalue weighted by molar-refractivity contribution is 9.10. The molecule has 0 aromatic heterocycles. The maximum atomic E-state index is 13.8. The predicted octanol–water partition coefficient (Wildman–Crippen LogP) is 4.71. The molecule has 2 nitrogen and oxygen atoms in total. The second kappa shape index (κ2) is 6.62. The molecule has 0 aliphatic heterocycles. The molecule has 1 amide bonds. The number of halogens is 2. The summed E-state index contributed by atoms with van der Waals surface area (Å²) in [6.07, 6.45) is 0. The lowest BCUT2D eigenvalue weighted by molar-refractivity contribution is 0.0737. The van der Waals surface area contributed by atoms with Crippen LogP contribution in [0, 0.1) is 5.82 Å². The fourth-order valence-corrected chi connectivity index (χ4v) is 2.92. The Labute approximate surface area is 137 Å². The van der Waals surface area contributed by atoms with E-state index in [-0.39, 0.29) is 17.8 Å². The second-order valence-corrected chi connectivity index (χ2v) is 6.17. The molecule has 0 saturated carbocycles. The Kier molecular flexibility index (Phi) is 5.06. The van der Waals surface area contributed by atoms with Gasteiger partial charge in [-0.1, -0.05) is 34.1 Å². The molecule has 5 heteroatoms. The zero-order valence-electron chi connectivity index (χ0n) is 11.7. The molecule has 2 aromatic rings. The first-order valence-electron chi connectivity index (χ1n) is 6.42. The number of hydrogen-bond donors (Lipinski definition) is 1. The van der Waals surface area contributed by atoms with Crippen LogP contribution in [0.2, 0.25) is 0 Å². The fraction of sp³-hybridized carbons (Fsp3) is 0.188. The van der Waals surface area contributed by atoms with Crippen molar-refractivity contribution >= 4 is 34.5 Å². The summed E-state index contributed by atoms with van der Waals surface area (Å²) in [4.78, 5) is 14.6. The van der Waals surface area contributed by atoms with Crippen molar-refractivity contribution in [2.75, 3.05) is 7.05 Å². The Morgan fingerprint density at radius 3 is 2.57 bits per heavy atom. The normalized spacial score (nSPS) is 12.0. The first kappa shape index (κ1) is 16.0. The maximum Gasteiger partial charge on any atom is 0.255 e. The van der Waals surface area contributed by atoms with Gasteiger partial charge in [-0.3, -0.25) is 4.79 Å². The van der Waals surface area contributed by atoms with Crippen LogP contribution in [0.25, 0.3) is 0 Å². The summed E-state index contributed by atoms with van der Waals surface area (Å²) >= 11 is 7.66. The summed E-state index contributed by atoms with van der Waals surface area (Å²) in [5.41, 5.74) is 0.985. The minimum atomic E-state index is -0.366. The Morgan fingerprint density at radius 1 is 1.29 bits per heavy atom. The van der Waals surface area contributed by atoms with Gasteiger partial charge >= 0.3 is 0 Å². The van der Waals surface area contributed by atoms with Gasteiger partial charge in [-0.2, -0.15) is 0 Å². The number of thiol groups is 1. The Bertz CT molecular complexity index is 677. The number of carbonyl (C=O) groups excluding carboxylic acids is 1. The van der Waals surface area contributed by atoms with Crippen LogP contribution in [0.3, 0.4) is 0 Å². The zero-order chi connectivity index (χ0) is 15.6. The van der Waals surface area contributed by atoms with E-state index in [4.69, 9.17) is 0 Å². The summed E-state index contributed by atoms with van der Waals surface area (Å²) in [7, 11) is 1.66. The summed E-state index contributed by atoms with van der Waals surface area (Å²) in [5.74, 6) is -0.505. The lowest BCUT2D eigenvalue weighted by Gasteiger charge is -2.26.